The number of pyridine rings is 1. The third-order valence-corrected chi connectivity index (χ3v) is 3.35. The Balaban J connectivity index is 1.78. The zero-order chi connectivity index (χ0) is 15.0. The Morgan fingerprint density at radius 3 is 2.90 bits per heavy atom. The number of nitrogens with zero attached hydrogens (tertiary/aromatic N) is 4. The summed E-state index contributed by atoms with van der Waals surface area (Å²) < 4.78 is 1.95. The van der Waals surface area contributed by atoms with Crippen molar-refractivity contribution < 1.29 is 9.90 Å². The number of carboxylic acids is 1. The van der Waals surface area contributed by atoms with Crippen LogP contribution in [0.5, 0.6) is 0 Å². The molecular formula is C13H16N6O2. The highest BCUT2D eigenvalue weighted by molar-refractivity contribution is 6.33. The van der Waals surface area contributed by atoms with E-state index in [-0.39, 0.29) is 6.54 Å². The maximum absolute atomic E-state index is 10.6. The van der Waals surface area contributed by atoms with Gasteiger partial charge in [-0.1, -0.05) is 6.07 Å². The van der Waals surface area contributed by atoms with E-state index in [9.17, 15) is 4.79 Å². The Hall–Kier alpha value is -2.61. The fourth-order valence-corrected chi connectivity index (χ4v) is 2.18. The molecule has 1 aliphatic rings. The average molecular weight is 288 g/mol. The second-order valence-corrected chi connectivity index (χ2v) is 5.12. The Labute approximate surface area is 120 Å². The number of nitrogens with two attached hydrogens (primary N) is 2. The predicted octanol–water partition coefficient (Wildman–Crippen LogP) is 0.244. The summed E-state index contributed by atoms with van der Waals surface area (Å²) >= 11 is 0. The second kappa shape index (κ2) is 5.06. The number of carboxylic acid groups (broad SMARTS) is 1. The van der Waals surface area contributed by atoms with Gasteiger partial charge >= 0.3 is 5.97 Å². The first-order chi connectivity index (χ1) is 10.0. The summed E-state index contributed by atoms with van der Waals surface area (Å²) in [5, 5.41) is 13.2. The molecule has 0 spiro atoms. The molecule has 0 saturated heterocycles. The molecule has 110 valence electrons. The van der Waals surface area contributed by atoms with E-state index in [1.54, 1.807) is 0 Å². The van der Waals surface area contributed by atoms with Gasteiger partial charge < -0.3 is 15.2 Å². The number of rotatable bonds is 4. The number of carbonyl (C=O) groups is 1. The lowest BCUT2D eigenvalue weighted by Gasteiger charge is -2.10. The van der Waals surface area contributed by atoms with Gasteiger partial charge in [0.1, 0.15) is 5.65 Å². The number of amidine groups is 1. The van der Waals surface area contributed by atoms with Crippen molar-refractivity contribution in [1.29, 1.82) is 0 Å². The van der Waals surface area contributed by atoms with Gasteiger partial charge in [-0.2, -0.15) is 0 Å². The van der Waals surface area contributed by atoms with Gasteiger partial charge in [-0.05, 0) is 30.4 Å². The molecule has 2 aromatic rings. The van der Waals surface area contributed by atoms with Crippen LogP contribution in [0, 0.1) is 0 Å². The first kappa shape index (κ1) is 13.4. The van der Waals surface area contributed by atoms with Crippen molar-refractivity contribution in [3.63, 3.8) is 0 Å². The number of aliphatic carboxylic acids is 1. The van der Waals surface area contributed by atoms with Crippen LogP contribution >= 0.6 is 0 Å². The molecule has 0 aliphatic heterocycles. The maximum Gasteiger partial charge on any atom is 0.373 e. The summed E-state index contributed by atoms with van der Waals surface area (Å²) in [6, 6.07) is 4.05. The fraction of sp³-hybridized carbons (Fsp3) is 0.308. The van der Waals surface area contributed by atoms with Crippen molar-refractivity contribution >= 4 is 17.5 Å². The van der Waals surface area contributed by atoms with Crippen molar-refractivity contribution in [3.8, 4) is 0 Å². The number of fused-ring (bicyclic) bond motifs is 1. The van der Waals surface area contributed by atoms with Crippen molar-refractivity contribution in [1.82, 2.24) is 14.5 Å². The lowest BCUT2D eigenvalue weighted by Crippen LogP contribution is -2.32. The zero-order valence-corrected chi connectivity index (χ0v) is 11.3. The fourth-order valence-electron chi connectivity index (χ4n) is 2.18. The van der Waals surface area contributed by atoms with E-state index in [0.717, 1.165) is 10.8 Å². The highest BCUT2D eigenvalue weighted by Gasteiger charge is 2.23. The predicted molar refractivity (Wildman–Crippen MR) is 76.2 cm³/mol. The van der Waals surface area contributed by atoms with E-state index in [1.165, 1.54) is 18.4 Å². The van der Waals surface area contributed by atoms with Gasteiger partial charge in [-0.3, -0.25) is 0 Å². The molecule has 21 heavy (non-hydrogen) atoms. The first-order valence-electron chi connectivity index (χ1n) is 6.60. The number of hydrogen-bond acceptors (Lipinski definition) is 5. The van der Waals surface area contributed by atoms with Crippen LogP contribution in [-0.2, 0) is 11.3 Å². The summed E-state index contributed by atoms with van der Waals surface area (Å²) in [5.41, 5.74) is 8.02. The standard InChI is InChI=1S/C13H16N6O2/c14-12(13(20)21)17-19(15)7-10-6-18-5-9(8-1-2-8)3-4-11(18)16-10/h3-6,8H,1-2,7,15H2,(H2,14,17)(H,20,21). The van der Waals surface area contributed by atoms with Crippen LogP contribution in [0.2, 0.25) is 0 Å². The van der Waals surface area contributed by atoms with Gasteiger partial charge in [0.25, 0.3) is 0 Å². The van der Waals surface area contributed by atoms with Gasteiger partial charge in [0, 0.05) is 12.4 Å². The Bertz CT molecular complexity index is 719. The normalized spacial score (nSPS) is 15.4. The minimum Gasteiger partial charge on any atom is -0.475 e. The molecule has 8 nitrogen and oxygen atoms in total. The van der Waals surface area contributed by atoms with Crippen molar-refractivity contribution in [2.45, 2.75) is 25.3 Å². The molecule has 0 aromatic carbocycles. The molecule has 0 unspecified atom stereocenters. The first-order valence-corrected chi connectivity index (χ1v) is 6.60. The number of aromatic nitrogens is 2. The third kappa shape index (κ3) is 2.95. The highest BCUT2D eigenvalue weighted by atomic mass is 16.4. The van der Waals surface area contributed by atoms with Crippen molar-refractivity contribution in [2.75, 3.05) is 0 Å². The quantitative estimate of drug-likeness (QED) is 0.321. The van der Waals surface area contributed by atoms with Crippen molar-refractivity contribution in [2.24, 2.45) is 16.7 Å². The van der Waals surface area contributed by atoms with E-state index in [4.69, 9.17) is 16.7 Å². The van der Waals surface area contributed by atoms with Crippen LogP contribution in [0.4, 0.5) is 0 Å². The molecule has 3 rings (SSSR count). The Morgan fingerprint density at radius 2 is 2.24 bits per heavy atom. The van der Waals surface area contributed by atoms with Crippen LogP contribution in [0.15, 0.2) is 29.6 Å². The van der Waals surface area contributed by atoms with Crippen molar-refractivity contribution in [3.05, 3.63) is 35.8 Å². The highest BCUT2D eigenvalue weighted by Crippen LogP contribution is 2.39. The molecule has 1 aliphatic carbocycles. The van der Waals surface area contributed by atoms with Gasteiger partial charge in [0.05, 0.1) is 12.2 Å². The van der Waals surface area contributed by atoms with Crippen LogP contribution in [-0.4, -0.2) is 31.4 Å². The molecule has 0 radical (unpaired) electrons. The van der Waals surface area contributed by atoms with Gasteiger partial charge in [-0.15, -0.1) is 5.10 Å². The smallest absolute Gasteiger partial charge is 0.373 e. The molecule has 1 fully saturated rings. The minimum absolute atomic E-state index is 0.175. The Kier molecular flexibility index (Phi) is 3.22. The molecule has 0 amide bonds. The van der Waals surface area contributed by atoms with Crippen LogP contribution < -0.4 is 11.6 Å². The van der Waals surface area contributed by atoms with E-state index in [1.807, 2.05) is 16.7 Å². The van der Waals surface area contributed by atoms with E-state index in [2.05, 4.69) is 22.3 Å². The molecule has 8 heteroatoms. The molecule has 5 N–H and O–H groups in total. The third-order valence-electron chi connectivity index (χ3n) is 3.35. The molecule has 2 heterocycles. The van der Waals surface area contributed by atoms with Crippen LogP contribution in [0.1, 0.15) is 30.0 Å². The molecule has 2 aromatic heterocycles. The lowest BCUT2D eigenvalue weighted by molar-refractivity contribution is -0.129. The molecular weight excluding hydrogens is 272 g/mol. The summed E-state index contributed by atoms with van der Waals surface area (Å²) in [6.45, 7) is 0.175. The van der Waals surface area contributed by atoms with Gasteiger partial charge in [0.2, 0.25) is 5.84 Å². The SMILES string of the molecule is N/C(=N\N(N)Cc1cn2cc(C3CC3)ccc2n1)C(=O)O. The van der Waals surface area contributed by atoms with Gasteiger partial charge in [-0.25, -0.2) is 20.7 Å². The summed E-state index contributed by atoms with van der Waals surface area (Å²) in [5.74, 6) is 4.41. The number of hydrogen-bond donors (Lipinski definition) is 3. The van der Waals surface area contributed by atoms with E-state index in [0.29, 0.717) is 11.6 Å². The van der Waals surface area contributed by atoms with E-state index < -0.39 is 11.8 Å². The van der Waals surface area contributed by atoms with E-state index >= 15 is 0 Å². The number of imidazole rings is 1. The van der Waals surface area contributed by atoms with Crippen LogP contribution in [0.3, 0.4) is 0 Å². The summed E-state index contributed by atoms with van der Waals surface area (Å²) in [6.07, 6.45) is 6.41. The van der Waals surface area contributed by atoms with Crippen LogP contribution in [0.25, 0.3) is 5.65 Å². The zero-order valence-electron chi connectivity index (χ0n) is 11.3. The number of hydrazine groups is 1. The maximum atomic E-state index is 10.6. The molecule has 1 saturated carbocycles. The van der Waals surface area contributed by atoms with Gasteiger partial charge in [0.15, 0.2) is 0 Å². The minimum atomic E-state index is -1.31. The lowest BCUT2D eigenvalue weighted by atomic mass is 10.2. The number of hydrazone groups is 1. The Morgan fingerprint density at radius 1 is 1.48 bits per heavy atom. The largest absolute Gasteiger partial charge is 0.475 e. The second-order valence-electron chi connectivity index (χ2n) is 5.12. The average Bonchev–Trinajstić information content (AvgIpc) is 3.19. The summed E-state index contributed by atoms with van der Waals surface area (Å²) in [7, 11) is 0. The molecule has 0 bridgehead atoms. The summed E-state index contributed by atoms with van der Waals surface area (Å²) in [4.78, 5) is 15.0. The molecule has 0 atom stereocenters. The monoisotopic (exact) mass is 288 g/mol. The topological polar surface area (TPSA) is 122 Å².